The summed E-state index contributed by atoms with van der Waals surface area (Å²) in [6, 6.07) is 0. The van der Waals surface area contributed by atoms with E-state index in [0.717, 1.165) is 19.0 Å². The van der Waals surface area contributed by atoms with Gasteiger partial charge in [-0.3, -0.25) is 0 Å². The third-order valence-electron chi connectivity index (χ3n) is 3.66. The molecule has 1 aromatic rings. The standard InChI is InChI=1S/C15H26N2S/c1-5-16-10-12-13(15(2,3)4)17-14(18-12)11-8-6-7-9-11/h11,16H,5-10H2,1-4H3. The van der Waals surface area contributed by atoms with Crippen molar-refractivity contribution >= 4 is 11.3 Å². The van der Waals surface area contributed by atoms with Gasteiger partial charge >= 0.3 is 0 Å². The van der Waals surface area contributed by atoms with E-state index in [2.05, 4.69) is 33.0 Å². The summed E-state index contributed by atoms with van der Waals surface area (Å²) < 4.78 is 0. The highest BCUT2D eigenvalue weighted by Gasteiger charge is 2.27. The summed E-state index contributed by atoms with van der Waals surface area (Å²) in [5, 5.41) is 4.85. The number of thiazole rings is 1. The second kappa shape index (κ2) is 5.70. The molecule has 0 aromatic carbocycles. The highest BCUT2D eigenvalue weighted by Crippen LogP contribution is 2.39. The Hall–Kier alpha value is -0.410. The molecule has 1 aromatic heterocycles. The van der Waals surface area contributed by atoms with Crippen LogP contribution in [0.5, 0.6) is 0 Å². The lowest BCUT2D eigenvalue weighted by molar-refractivity contribution is 0.555. The van der Waals surface area contributed by atoms with Gasteiger partial charge in [-0.25, -0.2) is 4.98 Å². The van der Waals surface area contributed by atoms with Crippen LogP contribution in [0.3, 0.4) is 0 Å². The van der Waals surface area contributed by atoms with Gasteiger partial charge in [-0.05, 0) is 19.4 Å². The average Bonchev–Trinajstić information content (AvgIpc) is 2.93. The molecule has 0 radical (unpaired) electrons. The Morgan fingerprint density at radius 2 is 1.94 bits per heavy atom. The molecular weight excluding hydrogens is 240 g/mol. The molecule has 102 valence electrons. The van der Waals surface area contributed by atoms with Crippen LogP contribution in [0.25, 0.3) is 0 Å². The maximum atomic E-state index is 4.99. The summed E-state index contributed by atoms with van der Waals surface area (Å²) in [6.07, 6.45) is 5.46. The van der Waals surface area contributed by atoms with Crippen molar-refractivity contribution in [3.63, 3.8) is 0 Å². The molecule has 0 amide bonds. The first-order valence-electron chi connectivity index (χ1n) is 7.23. The molecule has 1 fully saturated rings. The molecule has 1 N–H and O–H groups in total. The van der Waals surface area contributed by atoms with Crippen LogP contribution in [0.4, 0.5) is 0 Å². The van der Waals surface area contributed by atoms with Crippen LogP contribution < -0.4 is 5.32 Å². The molecule has 3 heteroatoms. The molecule has 1 aliphatic rings. The molecule has 1 saturated carbocycles. The molecule has 2 rings (SSSR count). The minimum atomic E-state index is 0.165. The maximum Gasteiger partial charge on any atom is 0.0962 e. The van der Waals surface area contributed by atoms with Crippen molar-refractivity contribution in [2.45, 2.75) is 71.3 Å². The van der Waals surface area contributed by atoms with Gasteiger partial charge in [-0.1, -0.05) is 40.5 Å². The van der Waals surface area contributed by atoms with Gasteiger partial charge < -0.3 is 5.32 Å². The zero-order valence-corrected chi connectivity index (χ0v) is 13.0. The quantitative estimate of drug-likeness (QED) is 0.883. The Kier molecular flexibility index (Phi) is 4.44. The van der Waals surface area contributed by atoms with Crippen LogP contribution in [0, 0.1) is 0 Å². The lowest BCUT2D eigenvalue weighted by atomic mass is 9.91. The summed E-state index contributed by atoms with van der Waals surface area (Å²) in [7, 11) is 0. The van der Waals surface area contributed by atoms with E-state index in [1.165, 1.54) is 41.3 Å². The van der Waals surface area contributed by atoms with Crippen LogP contribution in [0.1, 0.15) is 74.9 Å². The van der Waals surface area contributed by atoms with Crippen molar-refractivity contribution in [3.8, 4) is 0 Å². The predicted octanol–water partition coefficient (Wildman–Crippen LogP) is 4.21. The van der Waals surface area contributed by atoms with E-state index in [4.69, 9.17) is 4.98 Å². The minimum absolute atomic E-state index is 0.165. The van der Waals surface area contributed by atoms with Crippen molar-refractivity contribution in [2.75, 3.05) is 6.54 Å². The molecule has 0 aliphatic heterocycles. The Bertz CT molecular complexity index is 384. The Morgan fingerprint density at radius 3 is 2.50 bits per heavy atom. The van der Waals surface area contributed by atoms with Crippen molar-refractivity contribution in [3.05, 3.63) is 15.6 Å². The topological polar surface area (TPSA) is 24.9 Å². The van der Waals surface area contributed by atoms with Gasteiger partial charge in [0.05, 0.1) is 10.7 Å². The zero-order valence-electron chi connectivity index (χ0n) is 12.2. The van der Waals surface area contributed by atoms with E-state index in [1.54, 1.807) is 0 Å². The van der Waals surface area contributed by atoms with Crippen LogP contribution in [-0.2, 0) is 12.0 Å². The fraction of sp³-hybridized carbons (Fsp3) is 0.800. The molecule has 0 atom stereocenters. The molecule has 1 aliphatic carbocycles. The van der Waals surface area contributed by atoms with E-state index >= 15 is 0 Å². The SMILES string of the molecule is CCNCc1sc(C2CCCC2)nc1C(C)(C)C. The van der Waals surface area contributed by atoms with Crippen LogP contribution in [0.15, 0.2) is 0 Å². The molecular formula is C15H26N2S. The normalized spacial score (nSPS) is 17.6. The third kappa shape index (κ3) is 3.12. The van der Waals surface area contributed by atoms with Gasteiger partial charge in [0.1, 0.15) is 0 Å². The molecule has 0 saturated heterocycles. The summed E-state index contributed by atoms with van der Waals surface area (Å²) in [4.78, 5) is 6.45. The van der Waals surface area contributed by atoms with E-state index in [9.17, 15) is 0 Å². The van der Waals surface area contributed by atoms with Crippen molar-refractivity contribution in [2.24, 2.45) is 0 Å². The van der Waals surface area contributed by atoms with Crippen molar-refractivity contribution in [1.82, 2.24) is 10.3 Å². The van der Waals surface area contributed by atoms with Gasteiger partial charge in [0.25, 0.3) is 0 Å². The zero-order chi connectivity index (χ0) is 13.2. The van der Waals surface area contributed by atoms with Crippen molar-refractivity contribution < 1.29 is 0 Å². The molecule has 0 unspecified atom stereocenters. The monoisotopic (exact) mass is 266 g/mol. The first kappa shape index (κ1) is 14.0. The number of nitrogens with zero attached hydrogens (tertiary/aromatic N) is 1. The highest BCUT2D eigenvalue weighted by atomic mass is 32.1. The summed E-state index contributed by atoms with van der Waals surface area (Å²) in [6.45, 7) is 11.0. The van der Waals surface area contributed by atoms with E-state index in [1.807, 2.05) is 11.3 Å². The summed E-state index contributed by atoms with van der Waals surface area (Å²) >= 11 is 1.95. The van der Waals surface area contributed by atoms with E-state index in [0.29, 0.717) is 0 Å². The molecule has 18 heavy (non-hydrogen) atoms. The largest absolute Gasteiger partial charge is 0.312 e. The molecule has 1 heterocycles. The fourth-order valence-corrected chi connectivity index (χ4v) is 4.08. The average molecular weight is 266 g/mol. The van der Waals surface area contributed by atoms with Gasteiger partial charge in [-0.15, -0.1) is 11.3 Å². The number of rotatable bonds is 4. The number of aromatic nitrogens is 1. The van der Waals surface area contributed by atoms with Crippen LogP contribution >= 0.6 is 11.3 Å². The number of hydrogen-bond donors (Lipinski definition) is 1. The summed E-state index contributed by atoms with van der Waals surface area (Å²) in [5.74, 6) is 0.742. The van der Waals surface area contributed by atoms with E-state index in [-0.39, 0.29) is 5.41 Å². The van der Waals surface area contributed by atoms with Gasteiger partial charge in [0, 0.05) is 22.8 Å². The highest BCUT2D eigenvalue weighted by molar-refractivity contribution is 7.11. The number of hydrogen-bond acceptors (Lipinski definition) is 3. The second-order valence-corrected chi connectivity index (χ2v) is 7.45. The van der Waals surface area contributed by atoms with Gasteiger partial charge in [0.2, 0.25) is 0 Å². The lowest BCUT2D eigenvalue weighted by Crippen LogP contribution is -2.18. The fourth-order valence-electron chi connectivity index (χ4n) is 2.66. The second-order valence-electron chi connectivity index (χ2n) is 6.34. The van der Waals surface area contributed by atoms with Crippen molar-refractivity contribution in [1.29, 1.82) is 0 Å². The first-order valence-corrected chi connectivity index (χ1v) is 8.04. The summed E-state index contributed by atoms with van der Waals surface area (Å²) in [5.41, 5.74) is 1.48. The first-order chi connectivity index (χ1) is 8.52. The lowest BCUT2D eigenvalue weighted by Gasteiger charge is -2.17. The number of nitrogens with one attached hydrogen (secondary N) is 1. The Labute approximate surface area is 115 Å². The molecule has 2 nitrogen and oxygen atoms in total. The van der Waals surface area contributed by atoms with E-state index < -0.39 is 0 Å². The van der Waals surface area contributed by atoms with Gasteiger partial charge in [0.15, 0.2) is 0 Å². The third-order valence-corrected chi connectivity index (χ3v) is 4.88. The van der Waals surface area contributed by atoms with Crippen LogP contribution in [0.2, 0.25) is 0 Å². The van der Waals surface area contributed by atoms with Crippen LogP contribution in [-0.4, -0.2) is 11.5 Å². The maximum absolute atomic E-state index is 4.99. The molecule has 0 bridgehead atoms. The van der Waals surface area contributed by atoms with Gasteiger partial charge in [-0.2, -0.15) is 0 Å². The Morgan fingerprint density at radius 1 is 1.28 bits per heavy atom. The predicted molar refractivity (Wildman–Crippen MR) is 79.4 cm³/mol. The Balaban J connectivity index is 2.24. The molecule has 0 spiro atoms. The smallest absolute Gasteiger partial charge is 0.0962 e. The minimum Gasteiger partial charge on any atom is -0.312 e.